The third-order valence-corrected chi connectivity index (χ3v) is 3.83. The summed E-state index contributed by atoms with van der Waals surface area (Å²) in [6.45, 7) is 0. The molecule has 0 aromatic carbocycles. The van der Waals surface area contributed by atoms with Crippen LogP contribution in [0.1, 0.15) is 0 Å². The number of aromatic amines is 1. The smallest absolute Gasteiger partial charge is 0.369 e. The third kappa shape index (κ3) is 3.04. The summed E-state index contributed by atoms with van der Waals surface area (Å²) < 4.78 is 2.63. The lowest BCUT2D eigenvalue weighted by atomic mass is 10.6. The number of hydrogen-bond donors (Lipinski definition) is 7. The molecule has 0 atom stereocenters. The molecule has 9 N–H and O–H groups in total. The Labute approximate surface area is 172 Å². The predicted molar refractivity (Wildman–Crippen MR) is 104 cm³/mol. The van der Waals surface area contributed by atoms with Crippen LogP contribution in [0.3, 0.4) is 0 Å². The molecule has 4 aromatic rings. The van der Waals surface area contributed by atoms with Crippen LogP contribution in [-0.2, 0) is 0 Å². The molecule has 6 heterocycles. The Bertz CT molecular complexity index is 1610. The molecule has 2 aliphatic heterocycles. The molecule has 2 aliphatic rings. The van der Waals surface area contributed by atoms with Crippen LogP contribution in [0.15, 0.2) is 14.6 Å². The number of rotatable bonds is 0. The number of nitrogens with two attached hydrogens (primary N) is 2. The molecule has 32 heavy (non-hydrogen) atoms. The van der Waals surface area contributed by atoms with E-state index in [1.54, 1.807) is 0 Å². The number of amides is 2. The summed E-state index contributed by atoms with van der Waals surface area (Å²) in [6.07, 6.45) is 0. The number of carbonyl (C=O) groups excluding carboxylic acids is 1. The standard InChI is InChI=1S/C6H6N10.C6H3N7O3/c7-1-10-4-12-2(8)14-6-15-3(9)13-5(11-1)16(4)6;14-4-7-1-8-5(15)10-3-12-6(16)11-2(9-4)13(1)3/h(H6,7,8,9,10,11,12,13,14,15);(H3,7,8,9,10,11,12,14,15,16). The van der Waals surface area contributed by atoms with Crippen molar-refractivity contribution in [1.29, 1.82) is 5.41 Å². The molecule has 0 unspecified atom stereocenters. The molecule has 160 valence electrons. The van der Waals surface area contributed by atoms with Crippen molar-refractivity contribution in [3.8, 4) is 0 Å². The molecule has 0 spiro atoms. The minimum atomic E-state index is -0.815. The normalized spacial score (nSPS) is 13.4. The van der Waals surface area contributed by atoms with Gasteiger partial charge in [-0.3, -0.25) is 26.3 Å². The highest BCUT2D eigenvalue weighted by Gasteiger charge is 2.20. The van der Waals surface area contributed by atoms with Gasteiger partial charge in [0, 0.05) is 0 Å². The number of nitrogens with one attached hydrogen (secondary N) is 5. The maximum Gasteiger partial charge on any atom is 0.373 e. The Morgan fingerprint density at radius 1 is 0.781 bits per heavy atom. The molecule has 0 aliphatic carbocycles. The lowest BCUT2D eigenvalue weighted by molar-refractivity contribution is 0.261. The van der Waals surface area contributed by atoms with E-state index in [4.69, 9.17) is 16.9 Å². The topological polar surface area (TPSA) is 290 Å². The monoisotopic (exact) mass is 439 g/mol. The highest BCUT2D eigenvalue weighted by Crippen LogP contribution is 2.18. The van der Waals surface area contributed by atoms with Crippen LogP contribution in [-0.4, -0.2) is 60.7 Å². The van der Waals surface area contributed by atoms with Crippen molar-refractivity contribution < 1.29 is 4.79 Å². The first-order valence-corrected chi connectivity index (χ1v) is 8.36. The fraction of sp³-hybridized carbons (Fsp3) is 0. The van der Waals surface area contributed by atoms with E-state index in [2.05, 4.69) is 60.8 Å². The highest BCUT2D eigenvalue weighted by atomic mass is 16.2. The Morgan fingerprint density at radius 2 is 1.50 bits per heavy atom. The quantitative estimate of drug-likeness (QED) is 0.138. The summed E-state index contributed by atoms with van der Waals surface area (Å²) in [4.78, 5) is 65.3. The summed E-state index contributed by atoms with van der Waals surface area (Å²) in [5, 5.41) is 14.7. The number of hydrogen-bond acceptors (Lipinski definition) is 15. The van der Waals surface area contributed by atoms with Gasteiger partial charge in [0.2, 0.25) is 52.9 Å². The van der Waals surface area contributed by atoms with Crippen molar-refractivity contribution in [2.24, 2.45) is 10.7 Å². The maximum atomic E-state index is 11.1. The lowest BCUT2D eigenvalue weighted by Gasteiger charge is -2.16. The number of nitrogen functional groups attached to an aromatic ring is 1. The number of nitrogens with zero attached hydrogens (tertiary/aromatic N) is 10. The van der Waals surface area contributed by atoms with Gasteiger partial charge in [0.25, 0.3) is 0 Å². The Kier molecular flexibility index (Phi) is 3.74. The van der Waals surface area contributed by atoms with Gasteiger partial charge in [-0.25, -0.2) is 23.2 Å². The molecule has 0 saturated carbocycles. The van der Waals surface area contributed by atoms with E-state index in [0.717, 1.165) is 0 Å². The van der Waals surface area contributed by atoms with Crippen molar-refractivity contribution in [1.82, 2.24) is 48.7 Å². The van der Waals surface area contributed by atoms with Gasteiger partial charge in [0.1, 0.15) is 0 Å². The van der Waals surface area contributed by atoms with Crippen molar-refractivity contribution >= 4 is 53.3 Å². The van der Waals surface area contributed by atoms with Crippen LogP contribution in [0.5, 0.6) is 0 Å². The SMILES string of the molecule is N=c1nc2n3c(nc(N)nc3n1)NC(N)=N2.O=C1Nc2nc(=O)nc3[nH]c(=O)nc(n23)N1. The van der Waals surface area contributed by atoms with Gasteiger partial charge in [-0.1, -0.05) is 0 Å². The fourth-order valence-corrected chi connectivity index (χ4v) is 2.73. The Balaban J connectivity index is 0.000000135. The number of urea groups is 1. The second-order valence-corrected chi connectivity index (χ2v) is 5.94. The summed E-state index contributed by atoms with van der Waals surface area (Å²) in [5.41, 5.74) is 9.27. The van der Waals surface area contributed by atoms with Gasteiger partial charge in [-0.05, 0) is 0 Å². The molecular weight excluding hydrogens is 430 g/mol. The van der Waals surface area contributed by atoms with Gasteiger partial charge in [0.05, 0.1) is 0 Å². The van der Waals surface area contributed by atoms with Gasteiger partial charge in [-0.2, -0.15) is 39.9 Å². The molecule has 4 aromatic heterocycles. The number of carbonyl (C=O) groups is 1. The molecule has 20 nitrogen and oxygen atoms in total. The van der Waals surface area contributed by atoms with Gasteiger partial charge in [0.15, 0.2) is 0 Å². The zero-order chi connectivity index (χ0) is 22.6. The first-order chi connectivity index (χ1) is 15.3. The number of H-pyrrole nitrogens is 1. The van der Waals surface area contributed by atoms with E-state index in [-0.39, 0.29) is 46.9 Å². The minimum absolute atomic E-state index is 0.0289. The van der Waals surface area contributed by atoms with Gasteiger partial charge < -0.3 is 11.5 Å². The first-order valence-electron chi connectivity index (χ1n) is 8.36. The van der Waals surface area contributed by atoms with Gasteiger partial charge >= 0.3 is 17.4 Å². The van der Waals surface area contributed by atoms with Gasteiger partial charge in [-0.15, -0.1) is 0 Å². The third-order valence-electron chi connectivity index (χ3n) is 3.83. The Hall–Kier alpha value is -5.56. The summed E-state index contributed by atoms with van der Waals surface area (Å²) in [5.74, 6) is 0.735. The molecule has 2 amide bonds. The van der Waals surface area contributed by atoms with Crippen molar-refractivity contribution in [3.63, 3.8) is 0 Å². The van der Waals surface area contributed by atoms with E-state index >= 15 is 0 Å². The van der Waals surface area contributed by atoms with Crippen LogP contribution in [0.4, 0.5) is 34.5 Å². The van der Waals surface area contributed by atoms with Crippen LogP contribution in [0.2, 0.25) is 0 Å². The molecule has 0 saturated heterocycles. The summed E-state index contributed by atoms with van der Waals surface area (Å²) in [6, 6.07) is -0.627. The van der Waals surface area contributed by atoms with E-state index in [0.29, 0.717) is 5.95 Å². The highest BCUT2D eigenvalue weighted by molar-refractivity contribution is 6.00. The average Bonchev–Trinajstić information content (AvgIpc) is 2.65. The number of aromatic nitrogens is 10. The zero-order valence-corrected chi connectivity index (χ0v) is 15.4. The van der Waals surface area contributed by atoms with E-state index < -0.39 is 17.4 Å². The average molecular weight is 439 g/mol. The first kappa shape index (κ1) is 18.5. The molecule has 0 bridgehead atoms. The van der Waals surface area contributed by atoms with E-state index in [1.807, 2.05) is 0 Å². The van der Waals surface area contributed by atoms with Crippen LogP contribution in [0.25, 0.3) is 11.6 Å². The summed E-state index contributed by atoms with van der Waals surface area (Å²) >= 11 is 0. The molecular formula is C12H9N17O3. The van der Waals surface area contributed by atoms with E-state index in [9.17, 15) is 14.4 Å². The second-order valence-electron chi connectivity index (χ2n) is 5.94. The van der Waals surface area contributed by atoms with Crippen molar-refractivity contribution in [3.05, 3.63) is 26.6 Å². The molecule has 0 radical (unpaired) electrons. The lowest BCUT2D eigenvalue weighted by Crippen LogP contribution is -2.35. The maximum absolute atomic E-state index is 11.1. The molecule has 20 heteroatoms. The van der Waals surface area contributed by atoms with Crippen molar-refractivity contribution in [2.75, 3.05) is 21.7 Å². The van der Waals surface area contributed by atoms with Crippen LogP contribution >= 0.6 is 0 Å². The summed E-state index contributed by atoms with van der Waals surface area (Å²) in [7, 11) is 0. The largest absolute Gasteiger partial charge is 0.373 e. The number of aliphatic imine (C=N–C) groups is 1. The predicted octanol–water partition coefficient (Wildman–Crippen LogP) is -3.92. The number of guanidine groups is 1. The van der Waals surface area contributed by atoms with Crippen LogP contribution < -0.4 is 44.4 Å². The van der Waals surface area contributed by atoms with Crippen molar-refractivity contribution in [2.45, 2.75) is 0 Å². The number of anilines is 4. The Morgan fingerprint density at radius 3 is 2.28 bits per heavy atom. The van der Waals surface area contributed by atoms with E-state index in [1.165, 1.54) is 8.80 Å². The molecule has 0 fully saturated rings. The minimum Gasteiger partial charge on any atom is -0.369 e. The fourth-order valence-electron chi connectivity index (χ4n) is 2.73. The molecule has 6 rings (SSSR count). The second kappa shape index (κ2) is 6.48. The van der Waals surface area contributed by atoms with Crippen LogP contribution in [0, 0.1) is 5.41 Å². The zero-order valence-electron chi connectivity index (χ0n) is 15.4.